The molecule has 2 amide bonds. The predicted molar refractivity (Wildman–Crippen MR) is 98.7 cm³/mol. The van der Waals surface area contributed by atoms with Gasteiger partial charge in [-0.15, -0.1) is 0 Å². The van der Waals surface area contributed by atoms with Gasteiger partial charge in [0.2, 0.25) is 0 Å². The number of anilines is 2. The van der Waals surface area contributed by atoms with Gasteiger partial charge >= 0.3 is 6.03 Å². The van der Waals surface area contributed by atoms with Crippen LogP contribution in [0.2, 0.25) is 0 Å². The molecule has 7 heteroatoms. The molecule has 25 heavy (non-hydrogen) atoms. The first-order valence-electron chi connectivity index (χ1n) is 8.63. The third kappa shape index (κ3) is 5.34. The number of hydrogen-bond donors (Lipinski definition) is 3. The van der Waals surface area contributed by atoms with Crippen molar-refractivity contribution < 1.29 is 4.79 Å². The third-order valence-electron chi connectivity index (χ3n) is 4.24. The first-order chi connectivity index (χ1) is 12.3. The summed E-state index contributed by atoms with van der Waals surface area (Å²) in [5, 5.41) is 8.91. The highest BCUT2D eigenvalue weighted by molar-refractivity contribution is 5.73. The SMILES string of the molecule is O=C(NCCNc1cnccn1)NC[C@H]1CCN(c2ccccc2)C1. The van der Waals surface area contributed by atoms with Crippen molar-refractivity contribution in [1.29, 1.82) is 0 Å². The van der Waals surface area contributed by atoms with E-state index in [-0.39, 0.29) is 6.03 Å². The van der Waals surface area contributed by atoms with Crippen LogP contribution in [0.25, 0.3) is 0 Å². The van der Waals surface area contributed by atoms with Crippen LogP contribution in [0, 0.1) is 5.92 Å². The van der Waals surface area contributed by atoms with Crippen molar-refractivity contribution in [3.05, 3.63) is 48.9 Å². The lowest BCUT2D eigenvalue weighted by Crippen LogP contribution is -2.40. The maximum atomic E-state index is 11.9. The van der Waals surface area contributed by atoms with Gasteiger partial charge in [-0.1, -0.05) is 18.2 Å². The molecule has 1 saturated heterocycles. The molecule has 132 valence electrons. The Morgan fingerprint density at radius 1 is 1.16 bits per heavy atom. The summed E-state index contributed by atoms with van der Waals surface area (Å²) in [7, 11) is 0. The maximum absolute atomic E-state index is 11.9. The molecular weight excluding hydrogens is 316 g/mol. The summed E-state index contributed by atoms with van der Waals surface area (Å²) in [5.41, 5.74) is 1.25. The van der Waals surface area contributed by atoms with Gasteiger partial charge in [0, 0.05) is 50.8 Å². The van der Waals surface area contributed by atoms with Crippen LogP contribution in [-0.2, 0) is 0 Å². The molecule has 7 nitrogen and oxygen atoms in total. The summed E-state index contributed by atoms with van der Waals surface area (Å²) in [4.78, 5) is 22.3. The molecule has 0 saturated carbocycles. The molecule has 1 aliphatic heterocycles. The number of para-hydroxylation sites is 1. The smallest absolute Gasteiger partial charge is 0.314 e. The van der Waals surface area contributed by atoms with Crippen LogP contribution in [0.15, 0.2) is 48.9 Å². The molecule has 3 N–H and O–H groups in total. The second kappa shape index (κ2) is 8.86. The molecule has 0 bridgehead atoms. The zero-order valence-corrected chi connectivity index (χ0v) is 14.2. The van der Waals surface area contributed by atoms with Gasteiger partial charge in [-0.25, -0.2) is 9.78 Å². The summed E-state index contributed by atoms with van der Waals surface area (Å²) in [6, 6.07) is 10.3. The van der Waals surface area contributed by atoms with E-state index in [9.17, 15) is 4.79 Å². The Balaban J connectivity index is 1.29. The summed E-state index contributed by atoms with van der Waals surface area (Å²) < 4.78 is 0. The van der Waals surface area contributed by atoms with Gasteiger partial charge in [0.05, 0.1) is 6.20 Å². The summed E-state index contributed by atoms with van der Waals surface area (Å²) in [5.74, 6) is 1.19. The van der Waals surface area contributed by atoms with Gasteiger partial charge in [0.25, 0.3) is 0 Å². The molecular formula is C18H24N6O. The molecule has 1 aromatic heterocycles. The van der Waals surface area contributed by atoms with E-state index >= 15 is 0 Å². The van der Waals surface area contributed by atoms with Gasteiger partial charge in [-0.3, -0.25) is 4.98 Å². The molecule has 0 aliphatic carbocycles. The van der Waals surface area contributed by atoms with E-state index in [1.54, 1.807) is 18.6 Å². The molecule has 0 unspecified atom stereocenters. The Morgan fingerprint density at radius 3 is 2.84 bits per heavy atom. The second-order valence-electron chi connectivity index (χ2n) is 6.09. The van der Waals surface area contributed by atoms with Crippen LogP contribution in [0.5, 0.6) is 0 Å². The highest BCUT2D eigenvalue weighted by Gasteiger charge is 2.22. The van der Waals surface area contributed by atoms with Crippen molar-refractivity contribution in [3.63, 3.8) is 0 Å². The molecule has 1 aromatic carbocycles. The largest absolute Gasteiger partial charge is 0.371 e. The Hall–Kier alpha value is -2.83. The standard InChI is InChI=1S/C18H24N6O/c25-18(22-10-9-21-17-13-19-7-8-20-17)23-12-15-6-11-24(14-15)16-4-2-1-3-5-16/h1-5,7-8,13,15H,6,9-12,14H2,(H,20,21)(H2,22,23,25)/t15-/m1/s1. The summed E-state index contributed by atoms with van der Waals surface area (Å²) in [6.45, 7) is 3.87. The van der Waals surface area contributed by atoms with E-state index < -0.39 is 0 Å². The fourth-order valence-electron chi connectivity index (χ4n) is 2.93. The van der Waals surface area contributed by atoms with Crippen LogP contribution in [0.1, 0.15) is 6.42 Å². The minimum atomic E-state index is -0.126. The first-order valence-corrected chi connectivity index (χ1v) is 8.63. The number of amides is 2. The van der Waals surface area contributed by atoms with E-state index in [4.69, 9.17) is 0 Å². The molecule has 2 aromatic rings. The minimum absolute atomic E-state index is 0.126. The van der Waals surface area contributed by atoms with Crippen LogP contribution in [-0.4, -0.2) is 48.7 Å². The predicted octanol–water partition coefficient (Wildman–Crippen LogP) is 1.71. The van der Waals surface area contributed by atoms with Gasteiger partial charge in [0.15, 0.2) is 0 Å². The number of nitrogens with zero attached hydrogens (tertiary/aromatic N) is 3. The second-order valence-corrected chi connectivity index (χ2v) is 6.09. The van der Waals surface area contributed by atoms with Crippen molar-refractivity contribution >= 4 is 17.5 Å². The Bertz CT molecular complexity index is 651. The van der Waals surface area contributed by atoms with Crippen molar-refractivity contribution in [3.8, 4) is 0 Å². The van der Waals surface area contributed by atoms with Gasteiger partial charge < -0.3 is 20.9 Å². The van der Waals surface area contributed by atoms with Crippen molar-refractivity contribution in [2.75, 3.05) is 42.9 Å². The average molecular weight is 340 g/mol. The van der Waals surface area contributed by atoms with Crippen molar-refractivity contribution in [1.82, 2.24) is 20.6 Å². The Morgan fingerprint density at radius 2 is 2.04 bits per heavy atom. The highest BCUT2D eigenvalue weighted by Crippen LogP contribution is 2.22. The van der Waals surface area contributed by atoms with Crippen LogP contribution < -0.4 is 20.9 Å². The number of nitrogens with one attached hydrogen (secondary N) is 3. The van der Waals surface area contributed by atoms with Crippen LogP contribution in [0.3, 0.4) is 0 Å². The molecule has 0 spiro atoms. The molecule has 1 atom stereocenters. The van der Waals surface area contributed by atoms with E-state index in [2.05, 4.69) is 55.1 Å². The molecule has 3 rings (SSSR count). The zero-order valence-electron chi connectivity index (χ0n) is 14.2. The van der Waals surface area contributed by atoms with Crippen molar-refractivity contribution in [2.45, 2.75) is 6.42 Å². The topological polar surface area (TPSA) is 82.2 Å². The van der Waals surface area contributed by atoms with E-state index in [0.29, 0.717) is 31.4 Å². The van der Waals surface area contributed by atoms with E-state index in [1.165, 1.54) is 5.69 Å². The lowest BCUT2D eigenvalue weighted by atomic mass is 10.1. The number of benzene rings is 1. The fourth-order valence-corrected chi connectivity index (χ4v) is 2.93. The van der Waals surface area contributed by atoms with Crippen LogP contribution in [0.4, 0.5) is 16.3 Å². The number of rotatable bonds is 7. The lowest BCUT2D eigenvalue weighted by Gasteiger charge is -2.18. The molecule has 2 heterocycles. The highest BCUT2D eigenvalue weighted by atomic mass is 16.2. The van der Waals surface area contributed by atoms with E-state index in [1.807, 2.05) is 6.07 Å². The number of hydrogen-bond acceptors (Lipinski definition) is 5. The number of aromatic nitrogens is 2. The number of carbonyl (C=O) groups is 1. The Kier molecular flexibility index (Phi) is 6.03. The minimum Gasteiger partial charge on any atom is -0.371 e. The summed E-state index contributed by atoms with van der Waals surface area (Å²) in [6.07, 6.45) is 6.00. The fraction of sp³-hybridized carbons (Fsp3) is 0.389. The van der Waals surface area contributed by atoms with Gasteiger partial charge in [-0.05, 0) is 24.5 Å². The number of carbonyl (C=O) groups excluding carboxylic acids is 1. The number of urea groups is 1. The third-order valence-corrected chi connectivity index (χ3v) is 4.24. The molecule has 1 fully saturated rings. The van der Waals surface area contributed by atoms with Crippen LogP contribution >= 0.6 is 0 Å². The molecule has 1 aliphatic rings. The molecule has 0 radical (unpaired) electrons. The quantitative estimate of drug-likeness (QED) is 0.669. The van der Waals surface area contributed by atoms with Crippen molar-refractivity contribution in [2.24, 2.45) is 5.92 Å². The average Bonchev–Trinajstić information content (AvgIpc) is 3.14. The first kappa shape index (κ1) is 17.0. The maximum Gasteiger partial charge on any atom is 0.314 e. The summed E-state index contributed by atoms with van der Waals surface area (Å²) >= 11 is 0. The van der Waals surface area contributed by atoms with Gasteiger partial charge in [0.1, 0.15) is 5.82 Å². The lowest BCUT2D eigenvalue weighted by molar-refractivity contribution is 0.239. The Labute approximate surface area is 147 Å². The monoisotopic (exact) mass is 340 g/mol. The van der Waals surface area contributed by atoms with E-state index in [0.717, 1.165) is 19.5 Å². The normalized spacial score (nSPS) is 16.5. The zero-order chi connectivity index (χ0) is 17.3. The van der Waals surface area contributed by atoms with Gasteiger partial charge in [-0.2, -0.15) is 0 Å².